The molecule has 1 saturated carbocycles. The summed E-state index contributed by atoms with van der Waals surface area (Å²) in [5.74, 6) is 0.281. The maximum atomic E-state index is 10.0. The molecule has 0 aliphatic heterocycles. The number of hydrogen-bond acceptors (Lipinski definition) is 1. The summed E-state index contributed by atoms with van der Waals surface area (Å²) in [4.78, 5) is 10.0. The van der Waals surface area contributed by atoms with E-state index in [0.717, 1.165) is 21.4 Å². The molecule has 1 aliphatic rings. The van der Waals surface area contributed by atoms with Crippen LogP contribution in [0, 0.1) is 39.2 Å². The molecule has 1 fully saturated rings. The summed E-state index contributed by atoms with van der Waals surface area (Å²) < 4.78 is 37.5. The SMILES string of the molecule is O=[C-]C1CCCCC1.[C-]#[O+].[C-]#[O+].[C-]#[O+].[C-]#[O+].[C-]#[O+].[Mn].[Mo].c1cc[cH-]c1.c1ccc(Pc2ccccc2)cc1. The fourth-order valence-corrected chi connectivity index (χ4v) is 3.80. The van der Waals surface area contributed by atoms with Crippen molar-refractivity contribution in [2.75, 3.05) is 0 Å². The molecule has 4 rings (SSSR count). The van der Waals surface area contributed by atoms with Gasteiger partial charge >= 0.3 is 56.5 Å². The van der Waals surface area contributed by atoms with E-state index in [4.69, 9.17) is 23.3 Å². The zero-order chi connectivity index (χ0) is 28.3. The van der Waals surface area contributed by atoms with Crippen molar-refractivity contribution in [1.82, 2.24) is 0 Å². The molecule has 0 bridgehead atoms. The van der Waals surface area contributed by atoms with E-state index in [1.54, 1.807) is 0 Å². The molecule has 0 spiro atoms. The van der Waals surface area contributed by atoms with Crippen LogP contribution in [0.25, 0.3) is 0 Å². The quantitative estimate of drug-likeness (QED) is 0.164. The van der Waals surface area contributed by atoms with E-state index in [2.05, 4.69) is 100 Å². The molecule has 38 heavy (non-hydrogen) atoms. The summed E-state index contributed by atoms with van der Waals surface area (Å²) in [6.07, 6.45) is 8.02. The summed E-state index contributed by atoms with van der Waals surface area (Å²) >= 11 is 0. The number of benzene rings is 2. The van der Waals surface area contributed by atoms with Crippen molar-refractivity contribution in [2.45, 2.75) is 32.1 Å². The summed E-state index contributed by atoms with van der Waals surface area (Å²) in [7, 11) is 0.777. The van der Waals surface area contributed by atoms with Gasteiger partial charge in [-0.05, 0) is 10.6 Å². The molecular weight excluding hydrogens is 626 g/mol. The number of rotatable bonds is 3. The van der Waals surface area contributed by atoms with E-state index in [0.29, 0.717) is 0 Å². The molecule has 0 heterocycles. The van der Waals surface area contributed by atoms with E-state index in [1.807, 2.05) is 30.3 Å². The molecule has 0 saturated heterocycles. The Kier molecular flexibility index (Phi) is 61.6. The largest absolute Gasteiger partial charge is 0.214 e. The average molecular weight is 653 g/mol. The van der Waals surface area contributed by atoms with Gasteiger partial charge in [0.15, 0.2) is 0 Å². The second-order valence-electron chi connectivity index (χ2n) is 6.27. The van der Waals surface area contributed by atoms with Crippen LogP contribution in [0.1, 0.15) is 32.1 Å². The van der Waals surface area contributed by atoms with Crippen LogP contribution in [-0.4, -0.2) is 6.29 Å². The zero-order valence-corrected chi connectivity index (χ0v) is 24.7. The van der Waals surface area contributed by atoms with Gasteiger partial charge in [0, 0.05) is 38.1 Å². The Balaban J connectivity index is -0.0000000894. The molecule has 199 valence electrons. The zero-order valence-electron chi connectivity index (χ0n) is 20.5. The Morgan fingerprint density at radius 2 is 0.974 bits per heavy atom. The monoisotopic (exact) mass is 655 g/mol. The summed E-state index contributed by atoms with van der Waals surface area (Å²) in [5, 5.41) is 2.79. The Hall–Kier alpha value is -2.20. The first kappa shape index (κ1) is 48.8. The van der Waals surface area contributed by atoms with Crippen LogP contribution in [-0.2, 0) is 66.2 Å². The van der Waals surface area contributed by atoms with Gasteiger partial charge < -0.3 is 4.79 Å². The van der Waals surface area contributed by atoms with Crippen LogP contribution in [0.2, 0.25) is 0 Å². The second kappa shape index (κ2) is 47.9. The van der Waals surface area contributed by atoms with Crippen molar-refractivity contribution >= 4 is 25.5 Å². The third-order valence-corrected chi connectivity index (χ3v) is 5.41. The molecule has 0 aromatic heterocycles. The first-order valence-electron chi connectivity index (χ1n) is 10.3. The average Bonchev–Trinajstić information content (AvgIpc) is 3.61. The van der Waals surface area contributed by atoms with Crippen molar-refractivity contribution in [3.8, 4) is 0 Å². The van der Waals surface area contributed by atoms with E-state index >= 15 is 0 Å². The van der Waals surface area contributed by atoms with Gasteiger partial charge in [0.25, 0.3) is 0 Å². The minimum absolute atomic E-state index is 0. The Bertz CT molecular complexity index is 815. The van der Waals surface area contributed by atoms with Gasteiger partial charge in [-0.15, -0.1) is 5.92 Å². The molecule has 6 nitrogen and oxygen atoms in total. The Morgan fingerprint density at radius 3 is 1.21 bits per heavy atom. The molecule has 0 N–H and O–H groups in total. The van der Waals surface area contributed by atoms with Crippen molar-refractivity contribution < 1.29 is 66.2 Å². The predicted octanol–water partition coefficient (Wildman–Crippen LogP) is 5.21. The first-order chi connectivity index (χ1) is 17.9. The van der Waals surface area contributed by atoms with Crippen molar-refractivity contribution in [3.05, 3.63) is 124 Å². The third-order valence-electron chi connectivity index (χ3n) is 4.16. The van der Waals surface area contributed by atoms with Gasteiger partial charge in [0.1, 0.15) is 0 Å². The van der Waals surface area contributed by atoms with E-state index in [9.17, 15) is 4.79 Å². The Labute approximate surface area is 252 Å². The maximum Gasteiger partial charge on any atom is 0 e. The molecule has 0 amide bonds. The summed E-state index contributed by atoms with van der Waals surface area (Å²) in [5.41, 5.74) is 0. The summed E-state index contributed by atoms with van der Waals surface area (Å²) in [6, 6.07) is 31.2. The van der Waals surface area contributed by atoms with Gasteiger partial charge in [0.2, 0.25) is 0 Å². The van der Waals surface area contributed by atoms with Crippen LogP contribution in [0.3, 0.4) is 0 Å². The number of carbonyl (C=O) groups excluding carboxylic acids is 1. The molecule has 1 aliphatic carbocycles. The molecule has 3 aromatic carbocycles. The number of hydrogen-bond donors (Lipinski definition) is 0. The topological polar surface area (TPSA) is 117 Å². The molecule has 0 atom stereocenters. The normalized spacial score (nSPS) is 9.53. The van der Waals surface area contributed by atoms with Crippen molar-refractivity contribution in [2.24, 2.45) is 5.92 Å². The molecule has 9 heteroatoms. The van der Waals surface area contributed by atoms with Crippen molar-refractivity contribution in [1.29, 1.82) is 0 Å². The standard InChI is InChI=1S/C12H11P.C7H11O.C5H5.5CO.Mn.Mo/c1-3-7-11(8-4-1)13-12-9-5-2-6-10-12;8-6-7-4-2-1-3-5-7;1-2-4-5-3-1;5*1-2;;/h1-10,13H;7H,1-5H2;1-5H;;;;;;;/q;2*-1;;;;;;;. The Morgan fingerprint density at radius 1 is 0.632 bits per heavy atom. The van der Waals surface area contributed by atoms with Gasteiger partial charge in [-0.1, -0.05) is 101 Å². The van der Waals surface area contributed by atoms with Crippen LogP contribution < -0.4 is 10.6 Å². The van der Waals surface area contributed by atoms with Gasteiger partial charge in [-0.3, -0.25) is 6.29 Å². The van der Waals surface area contributed by atoms with E-state index in [1.165, 1.54) is 29.9 Å². The molecule has 1 radical (unpaired) electrons. The smallest absolute Gasteiger partial charge is 0 e. The molecule has 0 unspecified atom stereocenters. The van der Waals surface area contributed by atoms with Crippen LogP contribution in [0.4, 0.5) is 0 Å². The summed E-state index contributed by atoms with van der Waals surface area (Å²) in [6.45, 7) is 22.5. The van der Waals surface area contributed by atoms with Crippen LogP contribution in [0.15, 0.2) is 91.0 Å². The second-order valence-corrected chi connectivity index (χ2v) is 7.68. The molecule has 3 aromatic rings. The van der Waals surface area contributed by atoms with Crippen LogP contribution >= 0.6 is 8.58 Å². The van der Waals surface area contributed by atoms with Crippen molar-refractivity contribution in [3.63, 3.8) is 0 Å². The fourth-order valence-electron chi connectivity index (χ4n) is 2.75. The van der Waals surface area contributed by atoms with E-state index < -0.39 is 0 Å². The fraction of sp³-hybridized carbons (Fsp3) is 0.207. The third kappa shape index (κ3) is 33.8. The van der Waals surface area contributed by atoms with Gasteiger partial charge in [-0.2, -0.15) is 18.2 Å². The molecular formula is C29H27MnMoO6P-2. The van der Waals surface area contributed by atoms with Crippen LogP contribution in [0.5, 0.6) is 0 Å². The minimum Gasteiger partial charge on any atom is -0.214 e. The first-order valence-corrected chi connectivity index (χ1v) is 11.3. The predicted molar refractivity (Wildman–Crippen MR) is 134 cm³/mol. The maximum absolute atomic E-state index is 10.0. The van der Waals surface area contributed by atoms with E-state index in [-0.39, 0.29) is 44.1 Å². The minimum atomic E-state index is 0. The van der Waals surface area contributed by atoms with Gasteiger partial charge in [-0.25, -0.2) is 12.1 Å². The van der Waals surface area contributed by atoms with Gasteiger partial charge in [0.05, 0.1) is 0 Å².